The molecule has 0 atom stereocenters. The molecule has 1 aromatic heterocycles. The summed E-state index contributed by atoms with van der Waals surface area (Å²) in [5.41, 5.74) is -1.04. The van der Waals surface area contributed by atoms with Gasteiger partial charge in [0.05, 0.1) is 43.7 Å². The van der Waals surface area contributed by atoms with Crippen LogP contribution in [0.1, 0.15) is 10.4 Å². The maximum atomic E-state index is 12.2. The molecule has 6 rings (SSSR count). The van der Waals surface area contributed by atoms with Gasteiger partial charge in [-0.1, -0.05) is 24.3 Å². The second kappa shape index (κ2) is 20.0. The van der Waals surface area contributed by atoms with Gasteiger partial charge in [0.1, 0.15) is 27.2 Å². The van der Waals surface area contributed by atoms with Gasteiger partial charge in [-0.3, -0.25) is 5.04 Å². The van der Waals surface area contributed by atoms with Gasteiger partial charge in [0, 0.05) is 10.8 Å². The molecule has 5 aromatic carbocycles. The van der Waals surface area contributed by atoms with Crippen LogP contribution in [0.15, 0.2) is 97.7 Å². The number of hydrogen-bond donors (Lipinski definition) is 7. The van der Waals surface area contributed by atoms with Crippen LogP contribution >= 0.6 is 12.0 Å². The van der Waals surface area contributed by atoms with Gasteiger partial charge in [-0.15, -0.1) is 10.2 Å². The number of nitrogens with one attached hydrogen (secondary N) is 2. The number of carbonyl (C=O) groups excluding carboxylic acids is 1. The van der Waals surface area contributed by atoms with Crippen molar-refractivity contribution < 1.29 is 168 Å². The minimum atomic E-state index is -5.20. The molecule has 0 bridgehead atoms. The van der Waals surface area contributed by atoms with Gasteiger partial charge in [-0.05, 0) is 59.3 Å². The number of para-hydroxylation sites is 1. The Bertz CT molecular complexity index is 2810. The van der Waals surface area contributed by atoms with Crippen LogP contribution in [-0.2, 0) is 38.7 Å². The summed E-state index contributed by atoms with van der Waals surface area (Å²) in [6.07, 6.45) is 0. The zero-order valence-corrected chi connectivity index (χ0v) is 38.1. The normalized spacial score (nSPS) is 11.6. The maximum Gasteiger partial charge on any atom is 1.00 e. The van der Waals surface area contributed by atoms with E-state index in [9.17, 15) is 46.8 Å². The van der Waals surface area contributed by atoms with E-state index in [0.29, 0.717) is 0 Å². The van der Waals surface area contributed by atoms with Crippen molar-refractivity contribution in [2.24, 2.45) is 22.0 Å². The van der Waals surface area contributed by atoms with Crippen molar-refractivity contribution in [3.05, 3.63) is 78.4 Å². The van der Waals surface area contributed by atoms with Crippen molar-refractivity contribution in [3.8, 4) is 17.5 Å². The molecular formula is C30H21K2N9O14S3. The fourth-order valence-corrected chi connectivity index (χ4v) is 6.80. The predicted molar refractivity (Wildman–Crippen MR) is 188 cm³/mol. The minimum absolute atomic E-state index is 0. The summed E-state index contributed by atoms with van der Waals surface area (Å²) in [5.74, 6) is 6.86. The Morgan fingerprint density at radius 2 is 1.45 bits per heavy atom. The zero-order valence-electron chi connectivity index (χ0n) is 29.4. The first kappa shape index (κ1) is 47.6. The number of azo groups is 1. The summed E-state index contributed by atoms with van der Waals surface area (Å²) in [5, 5.41) is 60.2. The molecule has 28 heteroatoms. The van der Waals surface area contributed by atoms with E-state index in [4.69, 9.17) is 11.8 Å². The number of rotatable bonds is 13. The number of fused-ring (bicyclic) bond motifs is 2. The average molecular weight is 906 g/mol. The van der Waals surface area contributed by atoms with Crippen LogP contribution in [0.2, 0.25) is 0 Å². The van der Waals surface area contributed by atoms with Crippen molar-refractivity contribution in [2.45, 2.75) is 14.7 Å². The van der Waals surface area contributed by atoms with E-state index in [0.717, 1.165) is 24.3 Å². The summed E-state index contributed by atoms with van der Waals surface area (Å²) in [6, 6.07) is 13.9. The van der Waals surface area contributed by atoms with Crippen molar-refractivity contribution in [1.82, 2.24) is 15.0 Å². The molecule has 1 heterocycles. The SMILES string of the molecule is NOC(=O)c1ccccc1Nc1nc(O)nc(Nc2cc(S(=O)(=O)[O-])cc3cc(SOO[O-])c(N=Nc4c(O)ccc5cc(S(=O)(=O)ON)ccc45)c(O)c23)n1.[K+].[K+]. The van der Waals surface area contributed by atoms with Crippen LogP contribution in [0, 0.1) is 0 Å². The number of anilines is 4. The van der Waals surface area contributed by atoms with Crippen LogP contribution in [0.5, 0.6) is 17.5 Å². The Morgan fingerprint density at radius 1 is 0.793 bits per heavy atom. The van der Waals surface area contributed by atoms with Crippen LogP contribution in [-0.4, -0.2) is 57.6 Å². The molecule has 0 radical (unpaired) electrons. The van der Waals surface area contributed by atoms with Gasteiger partial charge < -0.3 is 40.6 Å². The van der Waals surface area contributed by atoms with E-state index < -0.39 is 60.2 Å². The molecule has 290 valence electrons. The predicted octanol–water partition coefficient (Wildman–Crippen LogP) is -3.05. The number of phenols is 2. The van der Waals surface area contributed by atoms with Gasteiger partial charge in [-0.2, -0.15) is 43.8 Å². The fraction of sp³-hybridized carbons (Fsp3) is 0. The quantitative estimate of drug-likeness (QED) is 0.0151. The summed E-state index contributed by atoms with van der Waals surface area (Å²) in [7, 11) is -9.51. The Labute approximate surface area is 414 Å². The van der Waals surface area contributed by atoms with Gasteiger partial charge >= 0.3 is 125 Å². The van der Waals surface area contributed by atoms with E-state index in [-0.39, 0.29) is 175 Å². The van der Waals surface area contributed by atoms with Gasteiger partial charge in [0.2, 0.25) is 11.9 Å². The molecule has 0 fully saturated rings. The Kier molecular flexibility index (Phi) is 16.4. The molecule has 9 N–H and O–H groups in total. The van der Waals surface area contributed by atoms with Crippen molar-refractivity contribution in [1.29, 1.82) is 0 Å². The smallest absolute Gasteiger partial charge is 0.744 e. The summed E-state index contributed by atoms with van der Waals surface area (Å²) < 4.78 is 69.4. The molecule has 0 aliphatic rings. The van der Waals surface area contributed by atoms with Crippen LogP contribution in [0.3, 0.4) is 0 Å². The molecule has 23 nitrogen and oxygen atoms in total. The Morgan fingerprint density at radius 3 is 2.10 bits per heavy atom. The van der Waals surface area contributed by atoms with E-state index in [1.165, 1.54) is 48.5 Å². The number of benzene rings is 5. The third-order valence-corrected chi connectivity index (χ3v) is 10.1. The van der Waals surface area contributed by atoms with E-state index in [1.54, 1.807) is 0 Å². The van der Waals surface area contributed by atoms with E-state index in [1.807, 2.05) is 0 Å². The third kappa shape index (κ3) is 10.6. The van der Waals surface area contributed by atoms with E-state index >= 15 is 0 Å². The third-order valence-electron chi connectivity index (χ3n) is 7.54. The molecule has 0 aliphatic carbocycles. The monoisotopic (exact) mass is 905 g/mol. The van der Waals surface area contributed by atoms with Crippen LogP contribution in [0.25, 0.3) is 21.5 Å². The van der Waals surface area contributed by atoms with Gasteiger partial charge in [0.25, 0.3) is 0 Å². The maximum absolute atomic E-state index is 12.2. The number of aromatic hydroxyl groups is 3. The molecule has 0 amide bonds. The summed E-state index contributed by atoms with van der Waals surface area (Å²) in [4.78, 5) is 26.7. The first-order chi connectivity index (χ1) is 26.6. The Balaban J connectivity index is 0.00000372. The summed E-state index contributed by atoms with van der Waals surface area (Å²) in [6.45, 7) is 0. The molecule has 58 heavy (non-hydrogen) atoms. The van der Waals surface area contributed by atoms with Crippen molar-refractivity contribution in [3.63, 3.8) is 0 Å². The Hall–Kier alpha value is -3.06. The van der Waals surface area contributed by atoms with Crippen LogP contribution in [0.4, 0.5) is 34.6 Å². The van der Waals surface area contributed by atoms with Crippen molar-refractivity contribution >= 4 is 94.4 Å². The van der Waals surface area contributed by atoms with Gasteiger partial charge in [-0.25, -0.2) is 13.2 Å². The first-order valence-corrected chi connectivity index (χ1v) is 18.4. The molecule has 0 saturated carbocycles. The number of phenolic OH excluding ortho intramolecular Hbond substituents is 2. The molecule has 0 unspecified atom stereocenters. The number of aromatic nitrogens is 3. The number of nitrogens with two attached hydrogens (primary N) is 2. The van der Waals surface area contributed by atoms with Crippen LogP contribution < -0.4 is 130 Å². The second-order valence-corrected chi connectivity index (χ2v) is 14.6. The standard InChI is InChI=1S/C30H23N9O14S3.2K/c31-50-27(42)18-3-1-2-4-19(18)33-28-35-29(37-30(43)36-28)34-20-12-16(55(45,46)47)10-14-11-22(54-53-52-44)25(26(41)23(14)20)39-38-24-17-7-6-15(56(48,49)51-32)9-13(17)5-8-21(24)40;;/h1-12,40-41,44H,31-32H2,(H,45,46,47)(H3,33,34,35,36,37,43);;/q;2*+1/p-2. The molecular weight excluding hydrogens is 885 g/mol. The van der Waals surface area contributed by atoms with Gasteiger partial charge in [0.15, 0.2) is 5.75 Å². The minimum Gasteiger partial charge on any atom is -0.744 e. The molecule has 0 saturated heterocycles. The second-order valence-electron chi connectivity index (χ2n) is 10.9. The number of hydrogen-bond acceptors (Lipinski definition) is 24. The topological polar surface area (TPSA) is 369 Å². The van der Waals surface area contributed by atoms with Crippen molar-refractivity contribution in [2.75, 3.05) is 10.6 Å². The number of carbonyl (C=O) groups is 1. The molecule has 0 aliphatic heterocycles. The van der Waals surface area contributed by atoms with E-state index in [2.05, 4.69) is 54.3 Å². The zero-order chi connectivity index (χ0) is 40.4. The average Bonchev–Trinajstić information content (AvgIpc) is 3.16. The first-order valence-electron chi connectivity index (χ1n) is 14.9. The summed E-state index contributed by atoms with van der Waals surface area (Å²) >= 11 is 0.193. The fourth-order valence-electron chi connectivity index (χ4n) is 5.16. The largest absolute Gasteiger partial charge is 1.00 e. The molecule has 0 spiro atoms. The molecule has 6 aromatic rings. The number of nitrogens with zero attached hydrogens (tertiary/aromatic N) is 5.